The van der Waals surface area contributed by atoms with Crippen LogP contribution < -0.4 is 0 Å². The zero-order valence-corrected chi connectivity index (χ0v) is 15.1. The molecule has 3 heteroatoms. The fourth-order valence-corrected chi connectivity index (χ4v) is 3.60. The Hall–Kier alpha value is 0.542. The van der Waals surface area contributed by atoms with Crippen LogP contribution in [0, 0.1) is 5.41 Å². The molecule has 0 amide bonds. The summed E-state index contributed by atoms with van der Waals surface area (Å²) in [6.45, 7) is 4.52. The van der Waals surface area contributed by atoms with Crippen molar-refractivity contribution in [3.63, 3.8) is 0 Å². The van der Waals surface area contributed by atoms with E-state index in [1.807, 2.05) is 6.07 Å². The van der Waals surface area contributed by atoms with Crippen molar-refractivity contribution in [3.8, 4) is 0 Å². The van der Waals surface area contributed by atoms with Crippen LogP contribution in [0.1, 0.15) is 19.4 Å². The molecule has 0 unspecified atom stereocenters. The summed E-state index contributed by atoms with van der Waals surface area (Å²) in [5.41, 5.74) is 2.73. The van der Waals surface area contributed by atoms with Crippen molar-refractivity contribution in [2.24, 2.45) is 8.22 Å². The van der Waals surface area contributed by atoms with Crippen LogP contribution in [0.5, 0.6) is 0 Å². The average Bonchev–Trinajstić information content (AvgIpc) is 2.20. The summed E-state index contributed by atoms with van der Waals surface area (Å²) in [6, 6.07) is 10.5. The summed E-state index contributed by atoms with van der Waals surface area (Å²) in [6.07, 6.45) is 0. The van der Waals surface area contributed by atoms with E-state index in [1.165, 1.54) is 11.3 Å². The van der Waals surface area contributed by atoms with Gasteiger partial charge < -0.3 is 0 Å². The number of alkyl halides is 1. The van der Waals surface area contributed by atoms with Crippen LogP contribution in [0.25, 0.3) is 0 Å². The van der Waals surface area contributed by atoms with Gasteiger partial charge in [0.1, 0.15) is 0 Å². The van der Waals surface area contributed by atoms with E-state index in [1.54, 1.807) is 0 Å². The zero-order valence-electron chi connectivity index (χ0n) is 8.50. The summed E-state index contributed by atoms with van der Waals surface area (Å²) in [7, 11) is 0. The van der Waals surface area contributed by atoms with Crippen molar-refractivity contribution >= 4 is 54.4 Å². The molecular weight excluding hydrogens is 477 g/mol. The molecule has 0 aromatic heterocycles. The van der Waals surface area contributed by atoms with Crippen molar-refractivity contribution in [1.29, 1.82) is 0 Å². The first kappa shape index (κ1) is 12.6. The van der Waals surface area contributed by atoms with Gasteiger partial charge in [0.2, 0.25) is 0 Å². The predicted octanol–water partition coefficient (Wildman–Crippen LogP) is 3.02. The Labute approximate surface area is 116 Å². The normalized spacial score (nSPS) is 12.9. The van der Waals surface area contributed by atoms with Gasteiger partial charge in [0, 0.05) is 0 Å². The molecule has 1 aromatic carbocycles. The molecule has 72 valence electrons. The van der Waals surface area contributed by atoms with Crippen LogP contribution in [-0.4, -0.2) is 36.2 Å². The topological polar surface area (TPSA) is 12.4 Å². The molecule has 0 radical (unpaired) electrons. The molecule has 0 N–H and O–H groups in total. The third kappa shape index (κ3) is 3.01. The fourth-order valence-electron chi connectivity index (χ4n) is 1.30. The second-order valence-corrected chi connectivity index (χ2v) is 5.63. The third-order valence-corrected chi connectivity index (χ3v) is 5.06. The molecule has 14 heavy (non-hydrogen) atoms. The molecule has 1 rings (SSSR count). The Balaban J connectivity index is 3.07. The van der Waals surface area contributed by atoms with Crippen LogP contribution in [0.3, 0.4) is 0 Å². The van der Waals surface area contributed by atoms with E-state index in [-0.39, 0.29) is 5.41 Å². The zero-order chi connectivity index (χ0) is 10.6. The third-order valence-electron chi connectivity index (χ3n) is 2.15. The van der Waals surface area contributed by atoms with Crippen molar-refractivity contribution in [1.82, 2.24) is 0 Å². The van der Waals surface area contributed by atoms with Crippen molar-refractivity contribution in [2.75, 3.05) is 4.43 Å². The number of nitrogens with zero attached hydrogens (tertiary/aromatic N) is 1. The van der Waals surface area contributed by atoms with Gasteiger partial charge in [0.05, 0.1) is 0 Å². The maximum absolute atomic E-state index is 4.58. The molecule has 1 aromatic rings. The number of benzene rings is 1. The fraction of sp³-hybridized carbons (Fsp3) is 0.364. The number of hydrogen-bond acceptors (Lipinski definition) is 1. The summed E-state index contributed by atoms with van der Waals surface area (Å²) >= 11 is 3.11. The predicted molar refractivity (Wildman–Crippen MR) is 71.4 cm³/mol. The molecule has 1 nitrogen and oxygen atoms in total. The van der Waals surface area contributed by atoms with Gasteiger partial charge in [-0.2, -0.15) is 0 Å². The molecule has 0 aliphatic rings. The van der Waals surface area contributed by atoms with Gasteiger partial charge >= 0.3 is 117 Å². The first-order valence-corrected chi connectivity index (χ1v) is 8.05. The van der Waals surface area contributed by atoms with Crippen LogP contribution in [-0.2, 0) is 0 Å². The molecular formula is C11H13INTl. The van der Waals surface area contributed by atoms with Crippen LogP contribution in [0.15, 0.2) is 33.1 Å². The second-order valence-electron chi connectivity index (χ2n) is 3.86. The molecule has 0 bridgehead atoms. The van der Waals surface area contributed by atoms with E-state index in [2.05, 4.69) is 63.5 Å². The van der Waals surface area contributed by atoms with E-state index in [4.69, 9.17) is 0 Å². The van der Waals surface area contributed by atoms with E-state index in [0.29, 0.717) is 26.1 Å². The Kier molecular flexibility index (Phi) is 5.02. The standard InChI is InChI=1S/C11H13IN.Tl/c1-11(2,8-12)10(13)9-6-4-3-5-7-9;/h3-7H,8H2,1-2H3;/q-1;+1. The summed E-state index contributed by atoms with van der Waals surface area (Å²) in [5, 5.41) is 0. The van der Waals surface area contributed by atoms with E-state index >= 15 is 0 Å². The van der Waals surface area contributed by atoms with Gasteiger partial charge in [-0.3, -0.25) is 0 Å². The van der Waals surface area contributed by atoms with Gasteiger partial charge in [-0.15, -0.1) is 0 Å². The monoisotopic (exact) mass is 491 g/mol. The van der Waals surface area contributed by atoms with Crippen LogP contribution >= 0.6 is 22.6 Å². The Bertz CT molecular complexity index is 319. The summed E-state index contributed by atoms with van der Waals surface area (Å²) in [4.78, 5) is 0. The van der Waals surface area contributed by atoms with Crippen molar-refractivity contribution in [3.05, 3.63) is 35.9 Å². The van der Waals surface area contributed by atoms with Crippen molar-refractivity contribution in [2.45, 2.75) is 13.8 Å². The van der Waals surface area contributed by atoms with Gasteiger partial charge in [-0.05, 0) is 0 Å². The maximum atomic E-state index is 4.58. The van der Waals surface area contributed by atoms with E-state index < -0.39 is 0 Å². The molecule has 0 fully saturated rings. The Morgan fingerprint density at radius 1 is 1.36 bits per heavy atom. The quantitative estimate of drug-likeness (QED) is 0.268. The molecule has 0 aliphatic heterocycles. The molecule has 0 saturated heterocycles. The molecule has 0 heterocycles. The Morgan fingerprint density at radius 2 is 1.93 bits per heavy atom. The van der Waals surface area contributed by atoms with Gasteiger partial charge in [-0.1, -0.05) is 0 Å². The van der Waals surface area contributed by atoms with Crippen LogP contribution in [0.2, 0.25) is 0 Å². The summed E-state index contributed by atoms with van der Waals surface area (Å²) in [5.74, 6) is 0. The van der Waals surface area contributed by atoms with Crippen LogP contribution in [0.4, 0.5) is 0 Å². The van der Waals surface area contributed by atoms with E-state index in [0.717, 1.165) is 4.43 Å². The summed E-state index contributed by atoms with van der Waals surface area (Å²) < 4.78 is 5.68. The number of rotatable bonds is 3. The molecule has 0 atom stereocenters. The van der Waals surface area contributed by atoms with Gasteiger partial charge in [0.15, 0.2) is 0 Å². The van der Waals surface area contributed by atoms with Gasteiger partial charge in [-0.25, -0.2) is 0 Å². The minimum absolute atomic E-state index is 0.191. The first-order valence-electron chi connectivity index (χ1n) is 4.51. The second kappa shape index (κ2) is 5.58. The molecule has 0 aliphatic carbocycles. The number of halogens is 1. The molecule has 0 saturated carbocycles. The SMILES string of the molecule is CC(C)(CI)/C(=[N]/[Tl])c1ccccc1. The van der Waals surface area contributed by atoms with Gasteiger partial charge in [0.25, 0.3) is 0 Å². The van der Waals surface area contributed by atoms with E-state index in [9.17, 15) is 0 Å². The molecule has 0 spiro atoms. The van der Waals surface area contributed by atoms with Crippen molar-refractivity contribution < 1.29 is 0 Å². The number of hydrogen-bond donors (Lipinski definition) is 0. The minimum atomic E-state index is 0.191. The first-order chi connectivity index (χ1) is 6.61. The Morgan fingerprint density at radius 3 is 2.36 bits per heavy atom. The average molecular weight is 491 g/mol.